The smallest absolute Gasteiger partial charge is 0.222 e. The Balaban J connectivity index is 1.82. The minimum absolute atomic E-state index is 0.0850. The van der Waals surface area contributed by atoms with E-state index in [4.69, 9.17) is 5.73 Å². The molecule has 3 heteroatoms. The fourth-order valence-corrected chi connectivity index (χ4v) is 4.16. The van der Waals surface area contributed by atoms with Gasteiger partial charge in [-0.15, -0.1) is 0 Å². The van der Waals surface area contributed by atoms with Crippen LogP contribution in [0.25, 0.3) is 0 Å². The Hall–Kier alpha value is -1.35. The summed E-state index contributed by atoms with van der Waals surface area (Å²) in [5.74, 6) is 1.05. The SMILES string of the molecule is CCCCCCCCCC(=O)N1CC(CN)C(C2=CC=CC(C)(C)C=C2)C1. The van der Waals surface area contributed by atoms with Gasteiger partial charge in [0.05, 0.1) is 0 Å². The number of carbonyl (C=O) groups is 1. The van der Waals surface area contributed by atoms with Crippen LogP contribution in [0.1, 0.15) is 72.1 Å². The van der Waals surface area contributed by atoms with Crippen LogP contribution in [0.15, 0.2) is 36.0 Å². The molecule has 1 heterocycles. The van der Waals surface area contributed by atoms with Crippen LogP contribution in [0.4, 0.5) is 0 Å². The van der Waals surface area contributed by atoms with E-state index in [1.807, 2.05) is 0 Å². The molecule has 0 aromatic rings. The van der Waals surface area contributed by atoms with Crippen molar-refractivity contribution in [1.82, 2.24) is 4.90 Å². The van der Waals surface area contributed by atoms with Gasteiger partial charge in [-0.05, 0) is 24.5 Å². The molecule has 0 aromatic heterocycles. The first-order valence-corrected chi connectivity index (χ1v) is 11.0. The molecule has 2 rings (SSSR count). The molecule has 1 fully saturated rings. The molecule has 1 aliphatic carbocycles. The Morgan fingerprint density at radius 1 is 1.11 bits per heavy atom. The summed E-state index contributed by atoms with van der Waals surface area (Å²) in [6.07, 6.45) is 20.6. The molecule has 1 aliphatic heterocycles. The van der Waals surface area contributed by atoms with Crippen molar-refractivity contribution >= 4 is 5.91 Å². The highest BCUT2D eigenvalue weighted by Crippen LogP contribution is 2.33. The summed E-state index contributed by atoms with van der Waals surface area (Å²) in [7, 11) is 0. The Labute approximate surface area is 166 Å². The second-order valence-electron chi connectivity index (χ2n) is 8.95. The highest BCUT2D eigenvalue weighted by Gasteiger charge is 2.35. The summed E-state index contributed by atoms with van der Waals surface area (Å²) in [6, 6.07) is 0. The van der Waals surface area contributed by atoms with Crippen molar-refractivity contribution in [3.05, 3.63) is 36.0 Å². The molecular formula is C24H40N2O. The van der Waals surface area contributed by atoms with Crippen molar-refractivity contribution < 1.29 is 4.79 Å². The maximum absolute atomic E-state index is 12.7. The van der Waals surface area contributed by atoms with E-state index >= 15 is 0 Å². The average molecular weight is 373 g/mol. The van der Waals surface area contributed by atoms with Gasteiger partial charge in [0.2, 0.25) is 5.91 Å². The molecule has 27 heavy (non-hydrogen) atoms. The Morgan fingerprint density at radius 3 is 2.52 bits per heavy atom. The van der Waals surface area contributed by atoms with Crippen molar-refractivity contribution in [2.45, 2.75) is 72.1 Å². The van der Waals surface area contributed by atoms with Crippen molar-refractivity contribution in [1.29, 1.82) is 0 Å². The largest absolute Gasteiger partial charge is 0.342 e. The molecule has 0 saturated carbocycles. The van der Waals surface area contributed by atoms with Crippen LogP contribution in [-0.4, -0.2) is 30.4 Å². The molecule has 1 amide bonds. The van der Waals surface area contributed by atoms with Crippen molar-refractivity contribution in [2.75, 3.05) is 19.6 Å². The summed E-state index contributed by atoms with van der Waals surface area (Å²) < 4.78 is 0. The van der Waals surface area contributed by atoms with Gasteiger partial charge in [0.15, 0.2) is 0 Å². The first kappa shape index (κ1) is 21.9. The second kappa shape index (κ2) is 10.8. The first-order valence-electron chi connectivity index (χ1n) is 11.0. The molecule has 0 bridgehead atoms. The minimum atomic E-state index is 0.0850. The van der Waals surface area contributed by atoms with Gasteiger partial charge in [-0.1, -0.05) is 89.7 Å². The van der Waals surface area contributed by atoms with Crippen LogP contribution in [-0.2, 0) is 4.79 Å². The van der Waals surface area contributed by atoms with Gasteiger partial charge in [-0.2, -0.15) is 0 Å². The summed E-state index contributed by atoms with van der Waals surface area (Å²) in [5, 5.41) is 0. The van der Waals surface area contributed by atoms with E-state index in [2.05, 4.69) is 56.1 Å². The molecule has 1 saturated heterocycles. The predicted molar refractivity (Wildman–Crippen MR) is 115 cm³/mol. The van der Waals surface area contributed by atoms with Crippen molar-refractivity contribution in [3.63, 3.8) is 0 Å². The molecule has 3 nitrogen and oxygen atoms in total. The van der Waals surface area contributed by atoms with Crippen LogP contribution in [0.3, 0.4) is 0 Å². The summed E-state index contributed by atoms with van der Waals surface area (Å²) in [6.45, 7) is 8.95. The zero-order valence-corrected chi connectivity index (χ0v) is 17.8. The second-order valence-corrected chi connectivity index (χ2v) is 8.95. The molecule has 0 aromatic carbocycles. The third-order valence-corrected chi connectivity index (χ3v) is 6.04. The van der Waals surface area contributed by atoms with Gasteiger partial charge in [0.25, 0.3) is 0 Å². The molecule has 152 valence electrons. The number of allylic oxidation sites excluding steroid dienone is 5. The summed E-state index contributed by atoms with van der Waals surface area (Å²) in [4.78, 5) is 14.7. The molecule has 2 aliphatic rings. The van der Waals surface area contributed by atoms with Gasteiger partial charge < -0.3 is 10.6 Å². The van der Waals surface area contributed by atoms with E-state index in [1.54, 1.807) is 0 Å². The van der Waals surface area contributed by atoms with E-state index in [1.165, 1.54) is 44.1 Å². The van der Waals surface area contributed by atoms with Crippen LogP contribution in [0.5, 0.6) is 0 Å². The van der Waals surface area contributed by atoms with E-state index in [9.17, 15) is 4.79 Å². The third-order valence-electron chi connectivity index (χ3n) is 6.04. The van der Waals surface area contributed by atoms with Gasteiger partial charge in [0, 0.05) is 30.8 Å². The Morgan fingerprint density at radius 2 is 1.81 bits per heavy atom. The number of unbranched alkanes of at least 4 members (excludes halogenated alkanes) is 6. The topological polar surface area (TPSA) is 46.3 Å². The van der Waals surface area contributed by atoms with E-state index in [-0.39, 0.29) is 5.41 Å². The predicted octanol–water partition coefficient (Wildman–Crippen LogP) is 5.24. The maximum Gasteiger partial charge on any atom is 0.222 e. The lowest BCUT2D eigenvalue weighted by molar-refractivity contribution is -0.130. The van der Waals surface area contributed by atoms with Gasteiger partial charge in [0.1, 0.15) is 0 Å². The molecular weight excluding hydrogens is 332 g/mol. The standard InChI is InChI=1S/C24H40N2O/c1-4-5-6-7-8-9-10-13-23(27)26-18-21(17-25)22(19-26)20-12-11-15-24(2,3)16-14-20/h11-12,14-16,21-22H,4-10,13,17-19,25H2,1-3H3. The third kappa shape index (κ3) is 6.95. The molecule has 0 radical (unpaired) electrons. The van der Waals surface area contributed by atoms with Crippen LogP contribution in [0.2, 0.25) is 0 Å². The quantitative estimate of drug-likeness (QED) is 0.533. The van der Waals surface area contributed by atoms with E-state index in [0.717, 1.165) is 19.5 Å². The number of nitrogens with two attached hydrogens (primary N) is 1. The maximum atomic E-state index is 12.7. The summed E-state index contributed by atoms with van der Waals surface area (Å²) in [5.41, 5.74) is 7.46. The average Bonchev–Trinajstić information content (AvgIpc) is 2.99. The van der Waals surface area contributed by atoms with Gasteiger partial charge >= 0.3 is 0 Å². The lowest BCUT2D eigenvalue weighted by Crippen LogP contribution is -2.29. The highest BCUT2D eigenvalue weighted by molar-refractivity contribution is 5.76. The molecule has 2 unspecified atom stereocenters. The lowest BCUT2D eigenvalue weighted by Gasteiger charge is -2.18. The number of likely N-dealkylation sites (tertiary alicyclic amines) is 1. The number of carbonyl (C=O) groups excluding carboxylic acids is 1. The molecule has 0 spiro atoms. The van der Waals surface area contributed by atoms with Gasteiger partial charge in [-0.3, -0.25) is 4.79 Å². The zero-order chi connectivity index (χ0) is 19.7. The molecule has 2 N–H and O–H groups in total. The highest BCUT2D eigenvalue weighted by atomic mass is 16.2. The number of hydrogen-bond acceptors (Lipinski definition) is 2. The summed E-state index contributed by atoms with van der Waals surface area (Å²) >= 11 is 0. The lowest BCUT2D eigenvalue weighted by atomic mass is 9.87. The Bertz CT molecular complexity index is 559. The van der Waals surface area contributed by atoms with Crippen LogP contribution < -0.4 is 5.73 Å². The first-order chi connectivity index (χ1) is 13.0. The normalized spacial score (nSPS) is 24.1. The number of hydrogen-bond donors (Lipinski definition) is 1. The molecule has 2 atom stereocenters. The van der Waals surface area contributed by atoms with Crippen molar-refractivity contribution in [3.8, 4) is 0 Å². The number of rotatable bonds is 10. The zero-order valence-electron chi connectivity index (χ0n) is 17.8. The van der Waals surface area contributed by atoms with E-state index < -0.39 is 0 Å². The van der Waals surface area contributed by atoms with Crippen molar-refractivity contribution in [2.24, 2.45) is 23.0 Å². The minimum Gasteiger partial charge on any atom is -0.342 e. The monoisotopic (exact) mass is 372 g/mol. The Kier molecular flexibility index (Phi) is 8.82. The fraction of sp³-hybridized carbons (Fsp3) is 0.708. The number of amides is 1. The van der Waals surface area contributed by atoms with Crippen LogP contribution in [0, 0.1) is 17.3 Å². The van der Waals surface area contributed by atoms with Crippen LogP contribution >= 0.6 is 0 Å². The van der Waals surface area contributed by atoms with Gasteiger partial charge in [-0.25, -0.2) is 0 Å². The van der Waals surface area contributed by atoms with E-state index in [0.29, 0.717) is 30.7 Å². The fourth-order valence-electron chi connectivity index (χ4n) is 4.16. The number of nitrogens with zero attached hydrogens (tertiary/aromatic N) is 1.